The summed E-state index contributed by atoms with van der Waals surface area (Å²) >= 11 is 1.59. The number of thioether (sulfide) groups is 1. The lowest BCUT2D eigenvalue weighted by Crippen LogP contribution is -2.44. The van der Waals surface area contributed by atoms with Gasteiger partial charge in [-0.3, -0.25) is 4.79 Å². The van der Waals surface area contributed by atoms with Crippen LogP contribution in [0.15, 0.2) is 29.2 Å². The molecule has 0 radical (unpaired) electrons. The van der Waals surface area contributed by atoms with Crippen LogP contribution in [-0.2, 0) is 11.3 Å². The van der Waals surface area contributed by atoms with Gasteiger partial charge in [0, 0.05) is 23.0 Å². The largest absolute Gasteiger partial charge is 0.351 e. The predicted molar refractivity (Wildman–Crippen MR) is 91.6 cm³/mol. The second kappa shape index (κ2) is 7.85. The first-order valence-corrected chi connectivity index (χ1v) is 8.36. The van der Waals surface area contributed by atoms with E-state index in [1.807, 2.05) is 27.7 Å². The number of benzene rings is 1. The second-order valence-electron chi connectivity index (χ2n) is 6.68. The average Bonchev–Trinajstić information content (AvgIpc) is 2.35. The highest BCUT2D eigenvalue weighted by atomic mass is 32.2. The summed E-state index contributed by atoms with van der Waals surface area (Å²) in [5.74, 6) is 0.0815. The molecule has 118 valence electrons. The highest BCUT2D eigenvalue weighted by molar-refractivity contribution is 8.00. The summed E-state index contributed by atoms with van der Waals surface area (Å²) in [5.41, 5.74) is 1.08. The Kier molecular flexibility index (Phi) is 6.75. The number of hydrogen-bond donors (Lipinski definition) is 2. The molecule has 1 rings (SSSR count). The normalized spacial score (nSPS) is 13.3. The first-order valence-electron chi connectivity index (χ1n) is 7.48. The van der Waals surface area contributed by atoms with Crippen LogP contribution in [0.2, 0.25) is 0 Å². The smallest absolute Gasteiger partial charge is 0.233 e. The standard InChI is InChI=1S/C17H28N2OS/c1-12(2)18-11-14-7-9-15(10-8-14)21-13(3)16(20)19-17(4,5)6/h7-10,12-13,18H,11H2,1-6H3,(H,19,20). The van der Waals surface area contributed by atoms with Crippen molar-refractivity contribution in [3.05, 3.63) is 29.8 Å². The van der Waals surface area contributed by atoms with Crippen molar-refractivity contribution in [2.24, 2.45) is 0 Å². The summed E-state index contributed by atoms with van der Waals surface area (Å²) < 4.78 is 0. The van der Waals surface area contributed by atoms with Gasteiger partial charge in [-0.05, 0) is 45.4 Å². The van der Waals surface area contributed by atoms with Gasteiger partial charge in [-0.25, -0.2) is 0 Å². The van der Waals surface area contributed by atoms with E-state index in [2.05, 4.69) is 48.7 Å². The Hall–Kier alpha value is -1.00. The van der Waals surface area contributed by atoms with Gasteiger partial charge < -0.3 is 10.6 Å². The molecule has 0 aliphatic carbocycles. The fourth-order valence-corrected chi connectivity index (χ4v) is 2.60. The molecule has 0 bridgehead atoms. The number of carbonyl (C=O) groups is 1. The third-order valence-electron chi connectivity index (χ3n) is 2.82. The molecule has 0 fully saturated rings. The Bertz CT molecular complexity index is 449. The molecule has 21 heavy (non-hydrogen) atoms. The molecule has 0 saturated heterocycles. The van der Waals surface area contributed by atoms with Crippen LogP contribution in [-0.4, -0.2) is 22.7 Å². The predicted octanol–water partition coefficient (Wildman–Crippen LogP) is 3.58. The van der Waals surface area contributed by atoms with Gasteiger partial charge in [-0.1, -0.05) is 26.0 Å². The van der Waals surface area contributed by atoms with Gasteiger partial charge >= 0.3 is 0 Å². The Balaban J connectivity index is 2.53. The monoisotopic (exact) mass is 308 g/mol. The molecular formula is C17H28N2OS. The van der Waals surface area contributed by atoms with E-state index in [-0.39, 0.29) is 16.7 Å². The molecule has 1 amide bonds. The topological polar surface area (TPSA) is 41.1 Å². The molecule has 0 aromatic heterocycles. The Morgan fingerprint density at radius 3 is 2.19 bits per heavy atom. The van der Waals surface area contributed by atoms with Crippen LogP contribution in [0.25, 0.3) is 0 Å². The third-order valence-corrected chi connectivity index (χ3v) is 3.93. The summed E-state index contributed by atoms with van der Waals surface area (Å²) in [6, 6.07) is 8.89. The van der Waals surface area contributed by atoms with Gasteiger partial charge in [-0.15, -0.1) is 11.8 Å². The molecule has 0 spiro atoms. The molecule has 1 aromatic rings. The number of nitrogens with one attached hydrogen (secondary N) is 2. The SMILES string of the molecule is CC(C)NCc1ccc(SC(C)C(=O)NC(C)(C)C)cc1. The molecule has 2 N–H and O–H groups in total. The fourth-order valence-electron chi connectivity index (χ4n) is 1.74. The summed E-state index contributed by atoms with van der Waals surface area (Å²) in [5, 5.41) is 6.31. The molecule has 0 heterocycles. The molecule has 1 aromatic carbocycles. The maximum Gasteiger partial charge on any atom is 0.233 e. The maximum absolute atomic E-state index is 12.1. The molecule has 1 unspecified atom stereocenters. The Morgan fingerprint density at radius 2 is 1.71 bits per heavy atom. The summed E-state index contributed by atoms with van der Waals surface area (Å²) in [6.45, 7) is 13.1. The zero-order valence-electron chi connectivity index (χ0n) is 14.0. The van der Waals surface area contributed by atoms with Crippen molar-refractivity contribution in [2.45, 2.75) is 69.8 Å². The van der Waals surface area contributed by atoms with E-state index in [1.165, 1.54) is 5.56 Å². The van der Waals surface area contributed by atoms with Crippen LogP contribution in [0.4, 0.5) is 0 Å². The highest BCUT2D eigenvalue weighted by Gasteiger charge is 2.19. The minimum atomic E-state index is -0.182. The van der Waals surface area contributed by atoms with E-state index in [4.69, 9.17) is 0 Å². The number of rotatable bonds is 6. The highest BCUT2D eigenvalue weighted by Crippen LogP contribution is 2.24. The van der Waals surface area contributed by atoms with Crippen molar-refractivity contribution in [1.82, 2.24) is 10.6 Å². The van der Waals surface area contributed by atoms with Crippen LogP contribution < -0.4 is 10.6 Å². The number of carbonyl (C=O) groups excluding carboxylic acids is 1. The second-order valence-corrected chi connectivity index (χ2v) is 8.09. The minimum Gasteiger partial charge on any atom is -0.351 e. The quantitative estimate of drug-likeness (QED) is 0.789. The molecule has 0 saturated carbocycles. The lowest BCUT2D eigenvalue weighted by Gasteiger charge is -2.23. The summed E-state index contributed by atoms with van der Waals surface area (Å²) in [6.07, 6.45) is 0. The first-order chi connectivity index (χ1) is 9.67. The molecule has 4 heteroatoms. The van der Waals surface area contributed by atoms with Crippen LogP contribution in [0.3, 0.4) is 0 Å². The van der Waals surface area contributed by atoms with Crippen molar-refractivity contribution in [2.75, 3.05) is 0 Å². The third kappa shape index (κ3) is 7.53. The average molecular weight is 308 g/mol. The van der Waals surface area contributed by atoms with Crippen LogP contribution in [0.5, 0.6) is 0 Å². The molecule has 0 aliphatic rings. The minimum absolute atomic E-state index is 0.0815. The molecule has 3 nitrogen and oxygen atoms in total. The first kappa shape index (κ1) is 18.1. The van der Waals surface area contributed by atoms with E-state index in [9.17, 15) is 4.79 Å². The van der Waals surface area contributed by atoms with E-state index in [0.29, 0.717) is 6.04 Å². The summed E-state index contributed by atoms with van der Waals surface area (Å²) in [7, 11) is 0. The van der Waals surface area contributed by atoms with E-state index < -0.39 is 0 Å². The summed E-state index contributed by atoms with van der Waals surface area (Å²) in [4.78, 5) is 13.2. The number of amides is 1. The van der Waals surface area contributed by atoms with Crippen molar-refractivity contribution in [3.63, 3.8) is 0 Å². The van der Waals surface area contributed by atoms with E-state index >= 15 is 0 Å². The Labute approximate surface area is 133 Å². The van der Waals surface area contributed by atoms with E-state index in [0.717, 1.165) is 11.4 Å². The lowest BCUT2D eigenvalue weighted by molar-refractivity contribution is -0.121. The van der Waals surface area contributed by atoms with Gasteiger partial charge in [-0.2, -0.15) is 0 Å². The van der Waals surface area contributed by atoms with Crippen LogP contribution in [0, 0.1) is 0 Å². The molecule has 0 aliphatic heterocycles. The zero-order valence-corrected chi connectivity index (χ0v) is 14.8. The van der Waals surface area contributed by atoms with Gasteiger partial charge in [0.2, 0.25) is 5.91 Å². The molecular weight excluding hydrogens is 280 g/mol. The number of hydrogen-bond acceptors (Lipinski definition) is 3. The lowest BCUT2D eigenvalue weighted by atomic mass is 10.1. The van der Waals surface area contributed by atoms with Crippen LogP contribution in [0.1, 0.15) is 47.1 Å². The Morgan fingerprint density at radius 1 is 1.14 bits per heavy atom. The van der Waals surface area contributed by atoms with E-state index in [1.54, 1.807) is 11.8 Å². The molecule has 1 atom stereocenters. The van der Waals surface area contributed by atoms with Gasteiger partial charge in [0.05, 0.1) is 5.25 Å². The zero-order chi connectivity index (χ0) is 16.0. The van der Waals surface area contributed by atoms with Gasteiger partial charge in [0.25, 0.3) is 0 Å². The fraction of sp³-hybridized carbons (Fsp3) is 0.588. The van der Waals surface area contributed by atoms with Crippen molar-refractivity contribution < 1.29 is 4.79 Å². The van der Waals surface area contributed by atoms with Crippen molar-refractivity contribution in [1.29, 1.82) is 0 Å². The van der Waals surface area contributed by atoms with Crippen molar-refractivity contribution in [3.8, 4) is 0 Å². The van der Waals surface area contributed by atoms with Crippen molar-refractivity contribution >= 4 is 17.7 Å². The van der Waals surface area contributed by atoms with Gasteiger partial charge in [0.1, 0.15) is 0 Å². The maximum atomic E-state index is 12.1. The van der Waals surface area contributed by atoms with Gasteiger partial charge in [0.15, 0.2) is 0 Å². The van der Waals surface area contributed by atoms with Crippen LogP contribution >= 0.6 is 11.8 Å².